The summed E-state index contributed by atoms with van der Waals surface area (Å²) in [7, 11) is 1.76. The fraction of sp³-hybridized carbons (Fsp3) is 0.278. The Kier molecular flexibility index (Phi) is 4.12. The van der Waals surface area contributed by atoms with Crippen LogP contribution in [-0.4, -0.2) is 52.9 Å². The van der Waals surface area contributed by atoms with E-state index in [9.17, 15) is 13.6 Å². The van der Waals surface area contributed by atoms with Crippen molar-refractivity contribution < 1.29 is 13.6 Å². The van der Waals surface area contributed by atoms with Crippen molar-refractivity contribution in [2.75, 3.05) is 7.05 Å². The Labute approximate surface area is 167 Å². The molecule has 0 atom stereocenters. The van der Waals surface area contributed by atoms with Crippen molar-refractivity contribution in [2.24, 2.45) is 0 Å². The Morgan fingerprint density at radius 1 is 1.38 bits per heavy atom. The summed E-state index contributed by atoms with van der Waals surface area (Å²) in [4.78, 5) is 27.2. The highest BCUT2D eigenvalue weighted by molar-refractivity contribution is 7.15. The number of amides is 1. The topological polar surface area (TPSA) is 80.7 Å². The molecule has 29 heavy (non-hydrogen) atoms. The van der Waals surface area contributed by atoms with Gasteiger partial charge in [0, 0.05) is 30.9 Å². The normalized spacial score (nSPS) is 16.6. The summed E-state index contributed by atoms with van der Waals surface area (Å²) in [5, 5.41) is 5.96. The Bertz CT molecular complexity index is 1220. The van der Waals surface area contributed by atoms with Gasteiger partial charge < -0.3 is 4.90 Å². The van der Waals surface area contributed by atoms with Crippen LogP contribution in [0.15, 0.2) is 35.7 Å². The van der Waals surface area contributed by atoms with Crippen molar-refractivity contribution >= 4 is 34.1 Å². The first kappa shape index (κ1) is 17.9. The summed E-state index contributed by atoms with van der Waals surface area (Å²) in [5.74, 6) is 0.00471. The van der Waals surface area contributed by atoms with E-state index in [0.717, 1.165) is 10.5 Å². The maximum atomic E-state index is 13.1. The van der Waals surface area contributed by atoms with Crippen LogP contribution in [0.2, 0.25) is 0 Å². The number of hydrogen-bond acceptors (Lipinski definition) is 6. The number of fused-ring (bicyclic) bond motifs is 2. The maximum Gasteiger partial charge on any atom is 0.280 e. The summed E-state index contributed by atoms with van der Waals surface area (Å²) < 4.78 is 29.4. The quantitative estimate of drug-likeness (QED) is 0.512. The van der Waals surface area contributed by atoms with Gasteiger partial charge in [0.05, 0.1) is 5.69 Å². The fourth-order valence-electron chi connectivity index (χ4n) is 3.39. The lowest BCUT2D eigenvalue weighted by Gasteiger charge is -2.36. The van der Waals surface area contributed by atoms with E-state index in [1.165, 1.54) is 28.2 Å². The second-order valence-electron chi connectivity index (χ2n) is 6.88. The molecule has 4 aromatic rings. The van der Waals surface area contributed by atoms with E-state index in [1.54, 1.807) is 18.1 Å². The van der Waals surface area contributed by atoms with Crippen LogP contribution < -0.4 is 0 Å². The van der Waals surface area contributed by atoms with Crippen molar-refractivity contribution in [1.29, 1.82) is 0 Å². The Hall–Kier alpha value is -3.21. The number of halogens is 2. The fourth-order valence-corrected chi connectivity index (χ4v) is 4.09. The smallest absolute Gasteiger partial charge is 0.280 e. The van der Waals surface area contributed by atoms with Crippen LogP contribution in [0.1, 0.15) is 41.1 Å². The van der Waals surface area contributed by atoms with Crippen molar-refractivity contribution in [3.63, 3.8) is 0 Å². The molecule has 1 aliphatic rings. The Balaban J connectivity index is 1.33. The van der Waals surface area contributed by atoms with Gasteiger partial charge in [0.1, 0.15) is 17.7 Å². The molecule has 0 aromatic carbocycles. The molecule has 0 unspecified atom stereocenters. The third-order valence-electron chi connectivity index (χ3n) is 5.05. The van der Waals surface area contributed by atoms with Crippen molar-refractivity contribution in [3.8, 4) is 0 Å². The molecule has 11 heteroatoms. The van der Waals surface area contributed by atoms with Gasteiger partial charge in [0.25, 0.3) is 18.1 Å². The SMILES string of the molecule is CN(C(=O)c1cn2ccsc2n1)C1CC(=Cc2cc(C(F)F)nc3ncnn23)C1. The van der Waals surface area contributed by atoms with E-state index in [2.05, 4.69) is 20.1 Å². The molecule has 148 valence electrons. The van der Waals surface area contributed by atoms with Gasteiger partial charge in [0.2, 0.25) is 0 Å². The minimum Gasteiger partial charge on any atom is -0.337 e. The average molecular weight is 415 g/mol. The molecule has 5 rings (SSSR count). The molecule has 0 spiro atoms. The number of rotatable bonds is 4. The molecular weight excluding hydrogens is 400 g/mol. The number of thiazole rings is 1. The molecule has 1 fully saturated rings. The second kappa shape index (κ2) is 6.69. The number of aromatic nitrogens is 6. The van der Waals surface area contributed by atoms with Crippen LogP contribution in [0, 0.1) is 0 Å². The minimum atomic E-state index is -2.68. The molecule has 8 nitrogen and oxygen atoms in total. The second-order valence-corrected chi connectivity index (χ2v) is 7.75. The first-order chi connectivity index (χ1) is 14.0. The van der Waals surface area contributed by atoms with Crippen LogP contribution in [0.25, 0.3) is 16.8 Å². The van der Waals surface area contributed by atoms with Crippen LogP contribution in [0.3, 0.4) is 0 Å². The third-order valence-corrected chi connectivity index (χ3v) is 5.82. The van der Waals surface area contributed by atoms with Crippen LogP contribution in [0.4, 0.5) is 8.78 Å². The minimum absolute atomic E-state index is 0.0381. The van der Waals surface area contributed by atoms with Crippen molar-refractivity contribution in [2.45, 2.75) is 25.3 Å². The molecule has 0 radical (unpaired) electrons. The highest BCUT2D eigenvalue weighted by atomic mass is 32.1. The number of imidazole rings is 1. The van der Waals surface area contributed by atoms with E-state index in [4.69, 9.17) is 0 Å². The van der Waals surface area contributed by atoms with Crippen LogP contribution in [-0.2, 0) is 0 Å². The van der Waals surface area contributed by atoms with E-state index >= 15 is 0 Å². The standard InChI is InChI=1S/C18H15F2N7OS/c1-25(16(28)14-8-26-2-3-29-18(26)24-14)11-4-10(5-11)6-12-7-13(15(19)20)23-17-21-9-22-27(12)17/h2-3,6-9,11,15H,4-5H2,1H3. The largest absolute Gasteiger partial charge is 0.337 e. The third kappa shape index (κ3) is 3.07. The molecule has 0 N–H and O–H groups in total. The molecular formula is C18H15F2N7OS. The number of carbonyl (C=O) groups is 1. The predicted molar refractivity (Wildman–Crippen MR) is 102 cm³/mol. The van der Waals surface area contributed by atoms with E-state index < -0.39 is 6.43 Å². The highest BCUT2D eigenvalue weighted by Gasteiger charge is 2.31. The lowest BCUT2D eigenvalue weighted by Crippen LogP contribution is -2.42. The Morgan fingerprint density at radius 3 is 2.97 bits per heavy atom. The molecule has 4 aromatic heterocycles. The lowest BCUT2D eigenvalue weighted by atomic mass is 9.84. The van der Waals surface area contributed by atoms with Gasteiger partial charge in [-0.05, 0) is 25.0 Å². The van der Waals surface area contributed by atoms with Crippen LogP contribution in [0.5, 0.6) is 0 Å². The monoisotopic (exact) mass is 415 g/mol. The Morgan fingerprint density at radius 2 is 2.21 bits per heavy atom. The number of hydrogen-bond donors (Lipinski definition) is 0. The van der Waals surface area contributed by atoms with Gasteiger partial charge in [0.15, 0.2) is 4.96 Å². The predicted octanol–water partition coefficient (Wildman–Crippen LogP) is 3.09. The summed E-state index contributed by atoms with van der Waals surface area (Å²) >= 11 is 1.47. The van der Waals surface area contributed by atoms with E-state index in [-0.39, 0.29) is 23.4 Å². The molecule has 0 bridgehead atoms. The maximum absolute atomic E-state index is 13.1. The molecule has 0 saturated heterocycles. The average Bonchev–Trinajstić information content (AvgIpc) is 3.37. The van der Waals surface area contributed by atoms with Gasteiger partial charge >= 0.3 is 0 Å². The van der Waals surface area contributed by atoms with Crippen molar-refractivity contribution in [1.82, 2.24) is 33.9 Å². The number of carbonyl (C=O) groups excluding carboxylic acids is 1. The van der Waals surface area contributed by atoms with Crippen LogP contribution >= 0.6 is 11.3 Å². The zero-order valence-electron chi connectivity index (χ0n) is 15.2. The van der Waals surface area contributed by atoms with Crippen molar-refractivity contribution in [3.05, 3.63) is 52.8 Å². The van der Waals surface area contributed by atoms with Gasteiger partial charge in [-0.1, -0.05) is 5.57 Å². The summed E-state index contributed by atoms with van der Waals surface area (Å²) in [6, 6.07) is 1.36. The summed E-state index contributed by atoms with van der Waals surface area (Å²) in [6.45, 7) is 0. The zero-order valence-corrected chi connectivity index (χ0v) is 16.1. The van der Waals surface area contributed by atoms with Gasteiger partial charge in [-0.2, -0.15) is 14.6 Å². The lowest BCUT2D eigenvalue weighted by molar-refractivity contribution is 0.0694. The first-order valence-electron chi connectivity index (χ1n) is 8.87. The number of nitrogens with zero attached hydrogens (tertiary/aromatic N) is 7. The van der Waals surface area contributed by atoms with Gasteiger partial charge in [-0.15, -0.1) is 11.3 Å². The highest BCUT2D eigenvalue weighted by Crippen LogP contribution is 2.33. The molecule has 0 aliphatic heterocycles. The molecule has 1 saturated carbocycles. The first-order valence-corrected chi connectivity index (χ1v) is 9.75. The van der Waals surface area contributed by atoms with E-state index in [1.807, 2.05) is 22.1 Å². The van der Waals surface area contributed by atoms with Gasteiger partial charge in [-0.25, -0.2) is 18.7 Å². The number of alkyl halides is 2. The molecule has 1 amide bonds. The van der Waals surface area contributed by atoms with E-state index in [0.29, 0.717) is 24.2 Å². The molecule has 4 heterocycles. The summed E-state index contributed by atoms with van der Waals surface area (Å²) in [5.41, 5.74) is 1.63. The van der Waals surface area contributed by atoms with Gasteiger partial charge in [-0.3, -0.25) is 9.20 Å². The zero-order chi connectivity index (χ0) is 20.1. The molecule has 1 aliphatic carbocycles. The summed E-state index contributed by atoms with van der Waals surface area (Å²) in [6.07, 6.45) is 5.32.